The molecule has 528 valence electrons. The number of aliphatic hydroxyl groups is 1. The van der Waals surface area contributed by atoms with Crippen LogP contribution in [0.2, 0.25) is 0 Å². The first-order valence-corrected chi connectivity index (χ1v) is 39.3. The van der Waals surface area contributed by atoms with Gasteiger partial charge in [0.2, 0.25) is 0 Å². The molecule has 89 heavy (non-hydrogen) atoms. The van der Waals surface area contributed by atoms with E-state index in [2.05, 4.69) is 48.5 Å². The number of phosphoric ester groups is 2. The molecule has 3 N–H and O–H groups in total. The van der Waals surface area contributed by atoms with Crippen LogP contribution in [0.25, 0.3) is 0 Å². The molecule has 0 bridgehead atoms. The molecule has 0 rings (SSSR count). The second-order valence-electron chi connectivity index (χ2n) is 26.7. The molecule has 0 heterocycles. The van der Waals surface area contributed by atoms with Gasteiger partial charge in [0.25, 0.3) is 0 Å². The number of carbonyl (C=O) groups is 4. The van der Waals surface area contributed by atoms with E-state index in [1.165, 1.54) is 154 Å². The molecule has 0 radical (unpaired) electrons. The lowest BCUT2D eigenvalue weighted by Gasteiger charge is -2.21. The zero-order valence-corrected chi connectivity index (χ0v) is 59.7. The van der Waals surface area contributed by atoms with Gasteiger partial charge in [0, 0.05) is 25.7 Å². The van der Waals surface area contributed by atoms with E-state index in [9.17, 15) is 43.2 Å². The second kappa shape index (κ2) is 61.0. The Hall–Kier alpha value is -1.94. The molecule has 0 amide bonds. The molecule has 0 aromatic rings. The lowest BCUT2D eigenvalue weighted by atomic mass is 10.0. The fourth-order valence-corrected chi connectivity index (χ4v) is 12.1. The minimum atomic E-state index is -4.95. The fourth-order valence-electron chi connectivity index (χ4n) is 10.5. The average molecular weight is 1310 g/mol. The highest BCUT2D eigenvalue weighted by molar-refractivity contribution is 7.47. The molecule has 19 heteroatoms. The summed E-state index contributed by atoms with van der Waals surface area (Å²) in [4.78, 5) is 72.4. The monoisotopic (exact) mass is 1310 g/mol. The number of phosphoric acid groups is 2. The molecule has 2 unspecified atom stereocenters. The van der Waals surface area contributed by atoms with Crippen molar-refractivity contribution in [3.63, 3.8) is 0 Å². The highest BCUT2D eigenvalue weighted by Gasteiger charge is 2.30. The summed E-state index contributed by atoms with van der Waals surface area (Å²) >= 11 is 0. The lowest BCUT2D eigenvalue weighted by molar-refractivity contribution is -0.161. The number of rotatable bonds is 68. The highest BCUT2D eigenvalue weighted by atomic mass is 31.2. The Balaban J connectivity index is 5.22. The van der Waals surface area contributed by atoms with Gasteiger partial charge < -0.3 is 33.8 Å². The van der Waals surface area contributed by atoms with Crippen LogP contribution in [0.15, 0.2) is 0 Å². The van der Waals surface area contributed by atoms with Crippen molar-refractivity contribution >= 4 is 39.5 Å². The molecule has 17 nitrogen and oxygen atoms in total. The van der Waals surface area contributed by atoms with Crippen LogP contribution < -0.4 is 0 Å². The van der Waals surface area contributed by atoms with E-state index >= 15 is 0 Å². The first kappa shape index (κ1) is 87.1. The first-order valence-electron chi connectivity index (χ1n) is 36.3. The molecule has 0 aliphatic rings. The number of hydrogen-bond donors (Lipinski definition) is 3. The third-order valence-electron chi connectivity index (χ3n) is 16.1. The largest absolute Gasteiger partial charge is 0.472 e. The van der Waals surface area contributed by atoms with E-state index in [0.29, 0.717) is 37.5 Å². The van der Waals surface area contributed by atoms with Gasteiger partial charge in [-0.25, -0.2) is 9.13 Å². The Morgan fingerprint density at radius 3 is 0.764 bits per heavy atom. The van der Waals surface area contributed by atoms with E-state index in [0.717, 1.165) is 102 Å². The zero-order chi connectivity index (χ0) is 65.9. The number of aliphatic hydroxyl groups excluding tert-OH is 1. The zero-order valence-electron chi connectivity index (χ0n) is 57.9. The molecule has 0 saturated carbocycles. The maximum atomic E-state index is 13.0. The number of esters is 4. The molecule has 0 aromatic carbocycles. The molecular weight excluding hydrogens is 1170 g/mol. The van der Waals surface area contributed by atoms with E-state index in [4.69, 9.17) is 37.0 Å². The predicted octanol–water partition coefficient (Wildman–Crippen LogP) is 19.8. The van der Waals surface area contributed by atoms with Crippen LogP contribution in [0, 0.1) is 17.8 Å². The van der Waals surface area contributed by atoms with E-state index in [1.54, 1.807) is 0 Å². The van der Waals surface area contributed by atoms with Crippen molar-refractivity contribution < 1.29 is 80.2 Å². The molecule has 0 fully saturated rings. The van der Waals surface area contributed by atoms with E-state index < -0.39 is 97.5 Å². The van der Waals surface area contributed by atoms with Crippen molar-refractivity contribution in [2.45, 2.75) is 369 Å². The molecule has 0 aliphatic carbocycles. The fraction of sp³-hybridized carbons (Fsp3) is 0.943. The third kappa shape index (κ3) is 64.6. The molecule has 0 spiro atoms. The number of hydrogen-bond acceptors (Lipinski definition) is 15. The van der Waals surface area contributed by atoms with Crippen molar-refractivity contribution in [1.82, 2.24) is 0 Å². The first-order chi connectivity index (χ1) is 42.7. The minimum absolute atomic E-state index is 0.101. The van der Waals surface area contributed by atoms with Gasteiger partial charge in [-0.2, -0.15) is 0 Å². The van der Waals surface area contributed by atoms with Gasteiger partial charge in [-0.05, 0) is 43.4 Å². The summed E-state index contributed by atoms with van der Waals surface area (Å²) in [6.45, 7) is 11.7. The second-order valence-corrected chi connectivity index (χ2v) is 29.6. The van der Waals surface area contributed by atoms with Crippen LogP contribution in [0.5, 0.6) is 0 Å². The number of ether oxygens (including phenoxy) is 4. The van der Waals surface area contributed by atoms with Crippen LogP contribution in [0.3, 0.4) is 0 Å². The van der Waals surface area contributed by atoms with Crippen LogP contribution in [-0.4, -0.2) is 96.7 Å². The van der Waals surface area contributed by atoms with Crippen molar-refractivity contribution in [1.29, 1.82) is 0 Å². The van der Waals surface area contributed by atoms with E-state index in [-0.39, 0.29) is 25.7 Å². The summed E-state index contributed by atoms with van der Waals surface area (Å²) in [7, 11) is -9.90. The molecule has 5 atom stereocenters. The number of carbonyl (C=O) groups excluding carboxylic acids is 4. The maximum Gasteiger partial charge on any atom is 0.472 e. The van der Waals surface area contributed by atoms with Gasteiger partial charge in [0.15, 0.2) is 12.2 Å². The minimum Gasteiger partial charge on any atom is -0.462 e. The van der Waals surface area contributed by atoms with E-state index in [1.807, 2.05) is 0 Å². The summed E-state index contributed by atoms with van der Waals surface area (Å²) in [5, 5.41) is 10.6. The standard InChI is InChI=1S/C70H136O17P2/c1-8-9-10-11-12-13-14-15-16-19-22-25-28-37-44-51-67(72)80-57-65(86-69(74)53-46-39-29-26-23-20-17-18-21-24-27-34-41-48-61(2)3)59-84-88(76,77)82-55-64(71)56-83-89(78,79)85-60-66(87-70(75)54-47-40-33-31-36-43-50-63(6)7)58-81-68(73)52-45-38-32-30-35-42-49-62(4)5/h61-66,71H,8-60H2,1-7H3,(H,76,77)(H,78,79)/t64-,65-,66-/m1/s1. The van der Waals surface area contributed by atoms with Gasteiger partial charge in [-0.1, -0.05) is 299 Å². The van der Waals surface area contributed by atoms with Crippen LogP contribution in [-0.2, 0) is 65.4 Å². The SMILES string of the molecule is CCCCCCCCCCCCCCCCCC(=O)OC[C@H](COP(=O)(O)OC[C@@H](O)COP(=O)(O)OC[C@@H](COC(=O)CCCCCCCCC(C)C)OC(=O)CCCCCCCCC(C)C)OC(=O)CCCCCCCCCCCCCCCC(C)C. The van der Waals surface area contributed by atoms with Crippen LogP contribution >= 0.6 is 15.6 Å². The summed E-state index contributed by atoms with van der Waals surface area (Å²) in [6.07, 6.45) is 44.8. The highest BCUT2D eigenvalue weighted by Crippen LogP contribution is 2.45. The Bertz CT molecular complexity index is 1750. The Kier molecular flexibility index (Phi) is 59.6. The van der Waals surface area contributed by atoms with Crippen molar-refractivity contribution in [2.24, 2.45) is 17.8 Å². The normalized spacial score (nSPS) is 14.2. The van der Waals surface area contributed by atoms with Gasteiger partial charge >= 0.3 is 39.5 Å². The summed E-state index contributed by atoms with van der Waals surface area (Å²) in [5.41, 5.74) is 0. The Labute approximate surface area is 543 Å². The molecule has 0 aromatic heterocycles. The van der Waals surface area contributed by atoms with Gasteiger partial charge in [-0.3, -0.25) is 37.3 Å². The van der Waals surface area contributed by atoms with Gasteiger partial charge in [0.1, 0.15) is 19.3 Å². The van der Waals surface area contributed by atoms with Gasteiger partial charge in [0.05, 0.1) is 26.4 Å². The summed E-state index contributed by atoms with van der Waals surface area (Å²) < 4.78 is 68.2. The van der Waals surface area contributed by atoms with Crippen molar-refractivity contribution in [2.75, 3.05) is 39.6 Å². The third-order valence-corrected chi connectivity index (χ3v) is 18.0. The summed E-state index contributed by atoms with van der Waals surface area (Å²) in [5.74, 6) is 0.00347. The van der Waals surface area contributed by atoms with Crippen molar-refractivity contribution in [3.05, 3.63) is 0 Å². The van der Waals surface area contributed by atoms with Gasteiger partial charge in [-0.15, -0.1) is 0 Å². The van der Waals surface area contributed by atoms with Crippen molar-refractivity contribution in [3.8, 4) is 0 Å². The molecular formula is C70H136O17P2. The average Bonchev–Trinajstić information content (AvgIpc) is 3.65. The van der Waals surface area contributed by atoms with Crippen LogP contribution in [0.4, 0.5) is 0 Å². The smallest absolute Gasteiger partial charge is 0.462 e. The quantitative estimate of drug-likeness (QED) is 0.0222. The Morgan fingerprint density at radius 1 is 0.303 bits per heavy atom. The summed E-state index contributed by atoms with van der Waals surface area (Å²) in [6, 6.07) is 0. The molecule has 0 saturated heterocycles. The molecule has 0 aliphatic heterocycles. The maximum absolute atomic E-state index is 13.0. The topological polar surface area (TPSA) is 237 Å². The Morgan fingerprint density at radius 2 is 0.517 bits per heavy atom. The predicted molar refractivity (Wildman–Crippen MR) is 358 cm³/mol. The van der Waals surface area contributed by atoms with Crippen LogP contribution in [0.1, 0.15) is 350 Å². The number of unbranched alkanes of at least 4 members (excludes halogenated alkanes) is 36. The lowest BCUT2D eigenvalue weighted by Crippen LogP contribution is -2.30.